The van der Waals surface area contributed by atoms with E-state index in [-0.39, 0.29) is 24.3 Å². The van der Waals surface area contributed by atoms with Gasteiger partial charge in [-0.3, -0.25) is 4.79 Å². The van der Waals surface area contributed by atoms with Crippen LogP contribution in [-0.4, -0.2) is 46.1 Å². The number of anilines is 1. The molecular weight excluding hydrogens is 391 g/mol. The van der Waals surface area contributed by atoms with Gasteiger partial charge in [0.05, 0.1) is 6.54 Å². The van der Waals surface area contributed by atoms with Gasteiger partial charge in [0.25, 0.3) is 11.8 Å². The number of halogens is 3. The average Bonchev–Trinajstić information content (AvgIpc) is 3.34. The first-order valence-electron chi connectivity index (χ1n) is 9.06. The molecule has 8 nitrogen and oxygen atoms in total. The molecule has 154 valence electrons. The number of nitrogens with zero attached hydrogens (tertiary/aromatic N) is 5. The summed E-state index contributed by atoms with van der Waals surface area (Å²) < 4.78 is 48.0. The van der Waals surface area contributed by atoms with Crippen molar-refractivity contribution in [1.82, 2.24) is 20.0 Å². The van der Waals surface area contributed by atoms with Crippen LogP contribution in [0.1, 0.15) is 24.6 Å². The quantitative estimate of drug-likeness (QED) is 0.654. The van der Waals surface area contributed by atoms with Crippen molar-refractivity contribution in [3.05, 3.63) is 36.0 Å². The van der Waals surface area contributed by atoms with Gasteiger partial charge in [-0.1, -0.05) is 17.3 Å². The number of carbonyl (C=O) groups excluding carboxylic acids is 1. The van der Waals surface area contributed by atoms with Gasteiger partial charge in [-0.05, 0) is 25.0 Å². The highest BCUT2D eigenvalue weighted by Crippen LogP contribution is 2.28. The van der Waals surface area contributed by atoms with Gasteiger partial charge in [0, 0.05) is 26.1 Å². The van der Waals surface area contributed by atoms with E-state index in [1.165, 1.54) is 11.9 Å². The van der Waals surface area contributed by atoms with Crippen LogP contribution in [-0.2, 0) is 17.5 Å². The van der Waals surface area contributed by atoms with E-state index in [1.54, 1.807) is 0 Å². The first-order valence-corrected chi connectivity index (χ1v) is 9.06. The van der Waals surface area contributed by atoms with Crippen LogP contribution in [0.15, 0.2) is 33.2 Å². The Hall–Kier alpha value is -3.11. The van der Waals surface area contributed by atoms with Gasteiger partial charge < -0.3 is 18.7 Å². The minimum absolute atomic E-state index is 0.172. The van der Waals surface area contributed by atoms with Crippen LogP contribution in [0.4, 0.5) is 19.2 Å². The van der Waals surface area contributed by atoms with Crippen LogP contribution in [0.5, 0.6) is 0 Å². The lowest BCUT2D eigenvalue weighted by Crippen LogP contribution is -2.41. The topological polar surface area (TPSA) is 88.5 Å². The summed E-state index contributed by atoms with van der Waals surface area (Å²) in [6, 6.07) is 8.00. The van der Waals surface area contributed by atoms with Crippen molar-refractivity contribution in [3.63, 3.8) is 0 Å². The maximum Gasteiger partial charge on any atom is 0.455 e. The zero-order valence-corrected chi connectivity index (χ0v) is 15.5. The highest BCUT2D eigenvalue weighted by molar-refractivity contribution is 5.79. The molecule has 1 saturated heterocycles. The van der Waals surface area contributed by atoms with E-state index >= 15 is 0 Å². The van der Waals surface area contributed by atoms with Crippen LogP contribution in [0.25, 0.3) is 11.1 Å². The summed E-state index contributed by atoms with van der Waals surface area (Å²) in [6.45, 7) is 1.01. The Morgan fingerprint density at radius 2 is 1.97 bits per heavy atom. The second-order valence-corrected chi connectivity index (χ2v) is 6.93. The molecule has 0 bridgehead atoms. The molecule has 0 unspecified atom stereocenters. The second-order valence-electron chi connectivity index (χ2n) is 6.93. The number of benzene rings is 1. The summed E-state index contributed by atoms with van der Waals surface area (Å²) in [6.07, 6.45) is -3.51. The molecule has 0 spiro atoms. The molecule has 2 aromatic heterocycles. The molecule has 1 aliphatic heterocycles. The van der Waals surface area contributed by atoms with Gasteiger partial charge in [-0.25, -0.2) is 0 Å². The Morgan fingerprint density at radius 3 is 2.62 bits per heavy atom. The average molecular weight is 409 g/mol. The van der Waals surface area contributed by atoms with Crippen molar-refractivity contribution in [2.24, 2.45) is 5.92 Å². The number of carbonyl (C=O) groups is 1. The molecule has 1 amide bonds. The minimum Gasteiger partial charge on any atom is -0.423 e. The third kappa shape index (κ3) is 4.03. The molecule has 3 heterocycles. The molecule has 0 aliphatic carbocycles. The predicted octanol–water partition coefficient (Wildman–Crippen LogP) is 3.10. The zero-order valence-electron chi connectivity index (χ0n) is 15.5. The monoisotopic (exact) mass is 409 g/mol. The van der Waals surface area contributed by atoms with Gasteiger partial charge in [0.1, 0.15) is 5.52 Å². The van der Waals surface area contributed by atoms with E-state index in [0.717, 1.165) is 5.52 Å². The molecule has 1 aromatic carbocycles. The van der Waals surface area contributed by atoms with Crippen molar-refractivity contribution >= 4 is 23.0 Å². The third-order valence-electron chi connectivity index (χ3n) is 4.87. The molecule has 29 heavy (non-hydrogen) atoms. The van der Waals surface area contributed by atoms with Gasteiger partial charge in [0.15, 0.2) is 5.58 Å². The summed E-state index contributed by atoms with van der Waals surface area (Å²) >= 11 is 0. The Balaban J connectivity index is 1.34. The fraction of sp³-hybridized carbons (Fsp3) is 0.444. The standard InChI is InChI=1S/C18H18F3N5O3/c1-25(10-14-23-16(24-29-14)18(19,20)21)15(27)11-6-8-26(9-7-11)17-22-12-4-2-3-5-13(12)28-17/h2-5,11H,6-10H2,1H3. The second kappa shape index (κ2) is 7.37. The number of amides is 1. The van der Waals surface area contributed by atoms with Crippen molar-refractivity contribution in [2.75, 3.05) is 25.0 Å². The van der Waals surface area contributed by atoms with Crippen LogP contribution in [0.3, 0.4) is 0 Å². The highest BCUT2D eigenvalue weighted by atomic mass is 19.4. The number of rotatable bonds is 4. The maximum atomic E-state index is 12.6. The normalized spacial score (nSPS) is 15.8. The number of hydrogen-bond acceptors (Lipinski definition) is 7. The van der Waals surface area contributed by atoms with Crippen LogP contribution < -0.4 is 4.90 Å². The summed E-state index contributed by atoms with van der Waals surface area (Å²) in [5.41, 5.74) is 1.48. The fourth-order valence-electron chi connectivity index (χ4n) is 3.34. The summed E-state index contributed by atoms with van der Waals surface area (Å²) in [5, 5.41) is 2.90. The lowest BCUT2D eigenvalue weighted by Gasteiger charge is -2.31. The third-order valence-corrected chi connectivity index (χ3v) is 4.87. The zero-order chi connectivity index (χ0) is 20.6. The molecule has 0 radical (unpaired) electrons. The van der Waals surface area contributed by atoms with Crippen LogP contribution in [0.2, 0.25) is 0 Å². The van der Waals surface area contributed by atoms with E-state index in [4.69, 9.17) is 4.42 Å². The highest BCUT2D eigenvalue weighted by Gasteiger charge is 2.37. The smallest absolute Gasteiger partial charge is 0.423 e. The number of oxazole rings is 1. The van der Waals surface area contributed by atoms with Crippen molar-refractivity contribution in [1.29, 1.82) is 0 Å². The first-order chi connectivity index (χ1) is 13.8. The van der Waals surface area contributed by atoms with Gasteiger partial charge in [-0.2, -0.15) is 23.1 Å². The summed E-state index contributed by atoms with van der Waals surface area (Å²) in [7, 11) is 1.51. The van der Waals surface area contributed by atoms with Crippen LogP contribution >= 0.6 is 0 Å². The Labute approximate surface area is 163 Å². The van der Waals surface area contributed by atoms with E-state index in [0.29, 0.717) is 37.5 Å². The minimum atomic E-state index is -4.68. The number of aromatic nitrogens is 3. The molecule has 0 atom stereocenters. The number of fused-ring (bicyclic) bond motifs is 1. The van der Waals surface area contributed by atoms with Gasteiger partial charge in [0.2, 0.25) is 11.8 Å². The number of alkyl halides is 3. The molecule has 0 saturated carbocycles. The van der Waals surface area contributed by atoms with E-state index in [2.05, 4.69) is 19.6 Å². The number of piperidine rings is 1. The SMILES string of the molecule is CN(Cc1nc(C(F)(F)F)no1)C(=O)C1CCN(c2nc3ccccc3o2)CC1. The Kier molecular flexibility index (Phi) is 4.89. The summed E-state index contributed by atoms with van der Waals surface area (Å²) in [4.78, 5) is 23.7. The Bertz CT molecular complexity index is 975. The lowest BCUT2D eigenvalue weighted by molar-refractivity contribution is -0.146. The Morgan fingerprint density at radius 1 is 1.24 bits per heavy atom. The molecule has 11 heteroatoms. The molecule has 1 aliphatic rings. The van der Waals surface area contributed by atoms with Gasteiger partial charge in [-0.15, -0.1) is 0 Å². The number of para-hydroxylation sites is 2. The molecule has 4 rings (SSSR count). The first kappa shape index (κ1) is 19.2. The fourth-order valence-corrected chi connectivity index (χ4v) is 3.34. The van der Waals surface area contributed by atoms with Crippen molar-refractivity contribution in [2.45, 2.75) is 25.6 Å². The molecule has 0 N–H and O–H groups in total. The molecular formula is C18H18F3N5O3. The van der Waals surface area contributed by atoms with Gasteiger partial charge >= 0.3 is 6.18 Å². The largest absolute Gasteiger partial charge is 0.455 e. The maximum absolute atomic E-state index is 12.6. The molecule has 1 fully saturated rings. The molecule has 3 aromatic rings. The predicted molar refractivity (Wildman–Crippen MR) is 94.7 cm³/mol. The summed E-state index contributed by atoms with van der Waals surface area (Å²) in [5.74, 6) is -2.02. The van der Waals surface area contributed by atoms with E-state index < -0.39 is 12.0 Å². The van der Waals surface area contributed by atoms with E-state index in [9.17, 15) is 18.0 Å². The van der Waals surface area contributed by atoms with Crippen molar-refractivity contribution < 1.29 is 26.9 Å². The van der Waals surface area contributed by atoms with Crippen molar-refractivity contribution in [3.8, 4) is 0 Å². The van der Waals surface area contributed by atoms with E-state index in [1.807, 2.05) is 29.2 Å². The number of hydrogen-bond donors (Lipinski definition) is 0. The van der Waals surface area contributed by atoms with Crippen LogP contribution in [0, 0.1) is 5.92 Å². The lowest BCUT2D eigenvalue weighted by atomic mass is 9.95.